The first-order valence-corrected chi connectivity index (χ1v) is 12.2. The second-order valence-corrected chi connectivity index (χ2v) is 9.31. The van der Waals surface area contributed by atoms with Gasteiger partial charge in [0.25, 0.3) is 10.0 Å². The van der Waals surface area contributed by atoms with E-state index in [1.54, 1.807) is 31.2 Å². The van der Waals surface area contributed by atoms with Gasteiger partial charge in [0, 0.05) is 12.2 Å². The van der Waals surface area contributed by atoms with E-state index in [1.165, 1.54) is 35.5 Å². The number of para-hydroxylation sites is 1. The van der Waals surface area contributed by atoms with Gasteiger partial charge in [-0.1, -0.05) is 48.5 Å². The lowest BCUT2D eigenvalue weighted by Crippen LogP contribution is -2.41. The maximum atomic E-state index is 13.1. The Balaban J connectivity index is 1.58. The third kappa shape index (κ3) is 6.35. The summed E-state index contributed by atoms with van der Waals surface area (Å²) in [5.41, 5.74) is 1.80. The van der Waals surface area contributed by atoms with Crippen LogP contribution in [0.25, 0.3) is 0 Å². The van der Waals surface area contributed by atoms with Gasteiger partial charge < -0.3 is 15.4 Å². The SMILES string of the molecule is CCN(c1ccccc1)S(=O)(=O)c1ccc(NC(=O)C(C)NC(=O)OCc2ccccc2)cc1. The number of nitrogens with one attached hydrogen (secondary N) is 2. The second kappa shape index (κ2) is 11.3. The van der Waals surface area contributed by atoms with E-state index in [1.807, 2.05) is 36.4 Å². The molecule has 3 aromatic carbocycles. The molecule has 178 valence electrons. The van der Waals surface area contributed by atoms with Crippen LogP contribution < -0.4 is 14.9 Å². The largest absolute Gasteiger partial charge is 0.445 e. The normalized spacial score (nSPS) is 11.8. The van der Waals surface area contributed by atoms with E-state index in [9.17, 15) is 18.0 Å². The van der Waals surface area contributed by atoms with Gasteiger partial charge in [-0.25, -0.2) is 13.2 Å². The summed E-state index contributed by atoms with van der Waals surface area (Å²) < 4.78 is 32.6. The second-order valence-electron chi connectivity index (χ2n) is 7.45. The fraction of sp³-hybridized carbons (Fsp3) is 0.200. The summed E-state index contributed by atoms with van der Waals surface area (Å²) in [4.78, 5) is 24.5. The third-order valence-electron chi connectivity index (χ3n) is 4.98. The van der Waals surface area contributed by atoms with Crippen molar-refractivity contribution in [3.05, 3.63) is 90.5 Å². The van der Waals surface area contributed by atoms with Crippen LogP contribution >= 0.6 is 0 Å². The van der Waals surface area contributed by atoms with Crippen LogP contribution in [0.15, 0.2) is 89.8 Å². The number of rotatable bonds is 9. The summed E-state index contributed by atoms with van der Waals surface area (Å²) >= 11 is 0. The number of carbonyl (C=O) groups is 2. The van der Waals surface area contributed by atoms with Gasteiger partial charge in [0.2, 0.25) is 5.91 Å². The molecule has 1 unspecified atom stereocenters. The first kappa shape index (κ1) is 24.8. The molecule has 0 aliphatic heterocycles. The van der Waals surface area contributed by atoms with E-state index >= 15 is 0 Å². The number of hydrogen-bond donors (Lipinski definition) is 2. The van der Waals surface area contributed by atoms with Crippen LogP contribution in [0.1, 0.15) is 19.4 Å². The van der Waals surface area contributed by atoms with E-state index in [0.29, 0.717) is 11.4 Å². The van der Waals surface area contributed by atoms with E-state index in [-0.39, 0.29) is 18.0 Å². The van der Waals surface area contributed by atoms with Crippen molar-refractivity contribution in [3.8, 4) is 0 Å². The molecule has 1 atom stereocenters. The molecule has 0 radical (unpaired) electrons. The lowest BCUT2D eigenvalue weighted by Gasteiger charge is -2.23. The summed E-state index contributed by atoms with van der Waals surface area (Å²) in [6, 6.07) is 23.0. The summed E-state index contributed by atoms with van der Waals surface area (Å²) in [6.45, 7) is 3.65. The van der Waals surface area contributed by atoms with Crippen LogP contribution in [0.4, 0.5) is 16.2 Å². The molecule has 0 bridgehead atoms. The standard InChI is InChI=1S/C25H27N3O5S/c1-3-28(22-12-8-5-9-13-22)34(31,32)23-16-14-21(15-17-23)27-24(29)19(2)26-25(30)33-18-20-10-6-4-7-11-20/h4-17,19H,3,18H2,1-2H3,(H,26,30)(H,27,29). The quantitative estimate of drug-likeness (QED) is 0.478. The Hall–Kier alpha value is -3.85. The van der Waals surface area contributed by atoms with E-state index in [0.717, 1.165) is 5.56 Å². The minimum absolute atomic E-state index is 0.0920. The maximum absolute atomic E-state index is 13.1. The molecule has 0 spiro atoms. The van der Waals surface area contributed by atoms with Crippen molar-refractivity contribution in [2.75, 3.05) is 16.2 Å². The topological polar surface area (TPSA) is 105 Å². The van der Waals surface area contributed by atoms with Crippen LogP contribution in [0.3, 0.4) is 0 Å². The van der Waals surface area contributed by atoms with Crippen LogP contribution in [-0.4, -0.2) is 33.0 Å². The number of anilines is 2. The minimum Gasteiger partial charge on any atom is -0.445 e. The Bertz CT molecular complexity index is 1200. The molecule has 2 amide bonds. The molecule has 0 aliphatic carbocycles. The third-order valence-corrected chi connectivity index (χ3v) is 6.90. The van der Waals surface area contributed by atoms with Crippen molar-refractivity contribution >= 4 is 33.4 Å². The number of hydrogen-bond acceptors (Lipinski definition) is 5. The van der Waals surface area contributed by atoms with Crippen LogP contribution in [-0.2, 0) is 26.2 Å². The first-order chi connectivity index (χ1) is 16.3. The first-order valence-electron chi connectivity index (χ1n) is 10.8. The lowest BCUT2D eigenvalue weighted by atomic mass is 10.2. The molecule has 3 rings (SSSR count). The van der Waals surface area contributed by atoms with Gasteiger partial charge in [-0.05, 0) is 55.8 Å². The Morgan fingerprint density at radius 3 is 2.09 bits per heavy atom. The molecule has 0 heterocycles. The van der Waals surface area contributed by atoms with Crippen LogP contribution in [0.5, 0.6) is 0 Å². The molecule has 3 aromatic rings. The maximum Gasteiger partial charge on any atom is 0.408 e. The zero-order valence-corrected chi connectivity index (χ0v) is 19.8. The number of nitrogens with zero attached hydrogens (tertiary/aromatic N) is 1. The number of sulfonamides is 1. The van der Waals surface area contributed by atoms with E-state index in [4.69, 9.17) is 4.74 Å². The zero-order chi connectivity index (χ0) is 24.6. The fourth-order valence-corrected chi connectivity index (χ4v) is 4.65. The highest BCUT2D eigenvalue weighted by molar-refractivity contribution is 7.92. The number of alkyl carbamates (subject to hydrolysis) is 1. The fourth-order valence-electron chi connectivity index (χ4n) is 3.18. The highest BCUT2D eigenvalue weighted by Crippen LogP contribution is 2.24. The number of amides is 2. The molecular weight excluding hydrogens is 454 g/mol. The molecule has 9 heteroatoms. The van der Waals surface area contributed by atoms with Crippen LogP contribution in [0.2, 0.25) is 0 Å². The number of ether oxygens (including phenoxy) is 1. The summed E-state index contributed by atoms with van der Waals surface area (Å²) in [5.74, 6) is -0.466. The molecule has 0 aliphatic rings. The summed E-state index contributed by atoms with van der Waals surface area (Å²) in [7, 11) is -3.76. The Kier molecular flexibility index (Phi) is 8.26. The summed E-state index contributed by atoms with van der Waals surface area (Å²) in [6.07, 6.45) is -0.714. The van der Waals surface area contributed by atoms with Gasteiger partial charge in [-0.3, -0.25) is 9.10 Å². The van der Waals surface area contributed by atoms with Crippen molar-refractivity contribution in [1.29, 1.82) is 0 Å². The number of carbonyl (C=O) groups excluding carboxylic acids is 2. The molecule has 0 saturated heterocycles. The monoisotopic (exact) mass is 481 g/mol. The summed E-state index contributed by atoms with van der Waals surface area (Å²) in [5, 5.41) is 5.13. The van der Waals surface area contributed by atoms with E-state index in [2.05, 4.69) is 10.6 Å². The predicted molar refractivity (Wildman–Crippen MR) is 131 cm³/mol. The predicted octanol–water partition coefficient (Wildman–Crippen LogP) is 4.16. The Morgan fingerprint density at radius 2 is 1.50 bits per heavy atom. The molecule has 0 saturated carbocycles. The molecular formula is C25H27N3O5S. The highest BCUT2D eigenvalue weighted by atomic mass is 32.2. The average molecular weight is 482 g/mol. The lowest BCUT2D eigenvalue weighted by molar-refractivity contribution is -0.117. The van der Waals surface area contributed by atoms with E-state index < -0.39 is 28.1 Å². The van der Waals surface area contributed by atoms with Crippen molar-refractivity contribution in [2.45, 2.75) is 31.4 Å². The van der Waals surface area contributed by atoms with Gasteiger partial charge in [-0.2, -0.15) is 0 Å². The van der Waals surface area contributed by atoms with Gasteiger partial charge >= 0.3 is 6.09 Å². The van der Waals surface area contributed by atoms with Gasteiger partial charge in [0.05, 0.1) is 10.6 Å². The van der Waals surface area contributed by atoms with Gasteiger partial charge in [-0.15, -0.1) is 0 Å². The molecule has 2 N–H and O–H groups in total. The van der Waals surface area contributed by atoms with Crippen LogP contribution in [0, 0.1) is 0 Å². The van der Waals surface area contributed by atoms with Crippen molar-refractivity contribution in [3.63, 3.8) is 0 Å². The highest BCUT2D eigenvalue weighted by Gasteiger charge is 2.23. The molecule has 8 nitrogen and oxygen atoms in total. The van der Waals surface area contributed by atoms with Gasteiger partial charge in [0.15, 0.2) is 0 Å². The molecule has 34 heavy (non-hydrogen) atoms. The number of benzene rings is 3. The van der Waals surface area contributed by atoms with Crippen molar-refractivity contribution in [1.82, 2.24) is 5.32 Å². The smallest absolute Gasteiger partial charge is 0.408 e. The molecule has 0 aromatic heterocycles. The Morgan fingerprint density at radius 1 is 0.912 bits per heavy atom. The minimum atomic E-state index is -3.76. The van der Waals surface area contributed by atoms with Gasteiger partial charge in [0.1, 0.15) is 12.6 Å². The average Bonchev–Trinajstić information content (AvgIpc) is 2.84. The Labute approximate surface area is 199 Å². The van der Waals surface area contributed by atoms with Crippen molar-refractivity contribution < 1.29 is 22.7 Å². The molecule has 0 fully saturated rings. The van der Waals surface area contributed by atoms with Crippen molar-refractivity contribution in [2.24, 2.45) is 0 Å². The zero-order valence-electron chi connectivity index (χ0n) is 19.0.